The lowest BCUT2D eigenvalue weighted by Gasteiger charge is -2.24. The van der Waals surface area contributed by atoms with Gasteiger partial charge < -0.3 is 5.32 Å². The van der Waals surface area contributed by atoms with E-state index in [0.29, 0.717) is 5.56 Å². The Kier molecular flexibility index (Phi) is 3.96. The van der Waals surface area contributed by atoms with E-state index in [4.69, 9.17) is 11.6 Å². The number of hydrogen-bond donors (Lipinski definition) is 1. The van der Waals surface area contributed by atoms with Gasteiger partial charge in [0, 0.05) is 11.1 Å². The van der Waals surface area contributed by atoms with Gasteiger partial charge in [-0.05, 0) is 54.6 Å². The van der Waals surface area contributed by atoms with Gasteiger partial charge in [-0.15, -0.1) is 0 Å². The van der Waals surface area contributed by atoms with Gasteiger partial charge in [0.25, 0.3) is 0 Å². The SMILES string of the molecule is CNC(c1cc(F)c(F)cc1Cl)C1Cc2ccccc2C1. The molecule has 0 fully saturated rings. The minimum atomic E-state index is -0.909. The molecule has 0 heterocycles. The second-order valence-corrected chi connectivity index (χ2v) is 5.90. The zero-order chi connectivity index (χ0) is 15.0. The van der Waals surface area contributed by atoms with Crippen molar-refractivity contribution < 1.29 is 8.78 Å². The van der Waals surface area contributed by atoms with E-state index in [9.17, 15) is 8.78 Å². The molecule has 1 aliphatic carbocycles. The first-order chi connectivity index (χ1) is 10.1. The van der Waals surface area contributed by atoms with Crippen LogP contribution in [0.2, 0.25) is 5.02 Å². The Labute approximate surface area is 127 Å². The highest BCUT2D eigenvalue weighted by atomic mass is 35.5. The van der Waals surface area contributed by atoms with Crippen molar-refractivity contribution in [1.29, 1.82) is 0 Å². The van der Waals surface area contributed by atoms with Crippen molar-refractivity contribution in [3.05, 3.63) is 69.7 Å². The molecule has 0 aromatic heterocycles. The smallest absolute Gasteiger partial charge is 0.160 e. The second kappa shape index (κ2) is 5.74. The molecule has 0 saturated heterocycles. The standard InChI is InChI=1S/C17H16ClF2N/c1-21-17(13-8-15(19)16(20)9-14(13)18)12-6-10-4-2-3-5-11(10)7-12/h2-5,8-9,12,17,21H,6-7H2,1H3. The van der Waals surface area contributed by atoms with Gasteiger partial charge in [0.2, 0.25) is 0 Å². The summed E-state index contributed by atoms with van der Waals surface area (Å²) < 4.78 is 26.8. The number of rotatable bonds is 3. The third-order valence-corrected chi connectivity index (χ3v) is 4.57. The molecular weight excluding hydrogens is 292 g/mol. The summed E-state index contributed by atoms with van der Waals surface area (Å²) in [4.78, 5) is 0. The van der Waals surface area contributed by atoms with Gasteiger partial charge in [-0.3, -0.25) is 0 Å². The van der Waals surface area contributed by atoms with E-state index >= 15 is 0 Å². The van der Waals surface area contributed by atoms with Crippen LogP contribution in [0.3, 0.4) is 0 Å². The van der Waals surface area contributed by atoms with Gasteiger partial charge in [-0.1, -0.05) is 35.9 Å². The molecule has 1 atom stereocenters. The fourth-order valence-corrected chi connectivity index (χ4v) is 3.52. The minimum Gasteiger partial charge on any atom is -0.313 e. The first-order valence-corrected chi connectivity index (χ1v) is 7.36. The monoisotopic (exact) mass is 307 g/mol. The Bertz CT molecular complexity index is 647. The van der Waals surface area contributed by atoms with E-state index in [1.54, 1.807) is 0 Å². The summed E-state index contributed by atoms with van der Waals surface area (Å²) in [7, 11) is 1.82. The molecule has 3 rings (SSSR count). The average molecular weight is 308 g/mol. The van der Waals surface area contributed by atoms with Gasteiger partial charge in [-0.2, -0.15) is 0 Å². The van der Waals surface area contributed by atoms with E-state index in [-0.39, 0.29) is 17.0 Å². The van der Waals surface area contributed by atoms with Crippen molar-refractivity contribution in [2.24, 2.45) is 5.92 Å². The Morgan fingerprint density at radius 3 is 2.24 bits per heavy atom. The Balaban J connectivity index is 1.92. The third kappa shape index (κ3) is 2.68. The highest BCUT2D eigenvalue weighted by Gasteiger charge is 2.30. The molecule has 0 aliphatic heterocycles. The molecule has 1 unspecified atom stereocenters. The van der Waals surface area contributed by atoms with Crippen LogP contribution in [0.25, 0.3) is 0 Å². The summed E-state index contributed by atoms with van der Waals surface area (Å²) >= 11 is 6.12. The van der Waals surface area contributed by atoms with E-state index < -0.39 is 11.6 Å². The minimum absolute atomic E-state index is 0.0972. The third-order valence-electron chi connectivity index (χ3n) is 4.24. The maximum Gasteiger partial charge on any atom is 0.160 e. The van der Waals surface area contributed by atoms with E-state index in [1.807, 2.05) is 19.2 Å². The van der Waals surface area contributed by atoms with Crippen molar-refractivity contribution in [2.75, 3.05) is 7.05 Å². The van der Waals surface area contributed by atoms with Crippen LogP contribution in [0.4, 0.5) is 8.78 Å². The molecule has 2 aromatic rings. The Hall–Kier alpha value is -1.45. The van der Waals surface area contributed by atoms with Crippen molar-refractivity contribution in [3.8, 4) is 0 Å². The molecule has 0 spiro atoms. The first kappa shape index (κ1) is 14.5. The lowest BCUT2D eigenvalue weighted by molar-refractivity contribution is 0.394. The molecule has 0 radical (unpaired) electrons. The molecule has 110 valence electrons. The summed E-state index contributed by atoms with van der Waals surface area (Å²) in [5.74, 6) is -1.48. The van der Waals surface area contributed by atoms with Crippen LogP contribution in [0, 0.1) is 17.6 Å². The number of fused-ring (bicyclic) bond motifs is 1. The molecule has 1 N–H and O–H groups in total. The van der Waals surface area contributed by atoms with Gasteiger partial charge in [0.05, 0.1) is 0 Å². The maximum absolute atomic E-state index is 13.5. The molecule has 21 heavy (non-hydrogen) atoms. The van der Waals surface area contributed by atoms with Crippen molar-refractivity contribution in [1.82, 2.24) is 5.32 Å². The van der Waals surface area contributed by atoms with Crippen LogP contribution in [0.5, 0.6) is 0 Å². The molecule has 1 nitrogen and oxygen atoms in total. The first-order valence-electron chi connectivity index (χ1n) is 6.98. The molecular formula is C17H16ClF2N. The van der Waals surface area contributed by atoms with Crippen LogP contribution in [-0.2, 0) is 12.8 Å². The fraction of sp³-hybridized carbons (Fsp3) is 0.294. The molecule has 0 saturated carbocycles. The van der Waals surface area contributed by atoms with Gasteiger partial charge in [0.15, 0.2) is 11.6 Å². The lowest BCUT2D eigenvalue weighted by Crippen LogP contribution is -2.26. The molecule has 2 aromatic carbocycles. The quantitative estimate of drug-likeness (QED) is 0.834. The van der Waals surface area contributed by atoms with Crippen LogP contribution in [0.1, 0.15) is 22.7 Å². The number of benzene rings is 2. The highest BCUT2D eigenvalue weighted by molar-refractivity contribution is 6.31. The number of halogens is 3. The lowest BCUT2D eigenvalue weighted by atomic mass is 9.90. The average Bonchev–Trinajstić information content (AvgIpc) is 2.88. The topological polar surface area (TPSA) is 12.0 Å². The predicted octanol–water partition coefficient (Wildman–Crippen LogP) is 4.29. The van der Waals surface area contributed by atoms with Crippen molar-refractivity contribution >= 4 is 11.6 Å². The zero-order valence-electron chi connectivity index (χ0n) is 11.7. The Morgan fingerprint density at radius 2 is 1.67 bits per heavy atom. The summed E-state index contributed by atoms with van der Waals surface area (Å²) in [6.45, 7) is 0. The van der Waals surface area contributed by atoms with E-state index in [1.165, 1.54) is 17.2 Å². The summed E-state index contributed by atoms with van der Waals surface area (Å²) in [5, 5.41) is 3.48. The number of nitrogens with one attached hydrogen (secondary N) is 1. The zero-order valence-corrected chi connectivity index (χ0v) is 12.4. The van der Waals surface area contributed by atoms with Gasteiger partial charge in [0.1, 0.15) is 0 Å². The van der Waals surface area contributed by atoms with E-state index in [2.05, 4.69) is 17.4 Å². The van der Waals surface area contributed by atoms with E-state index in [0.717, 1.165) is 18.9 Å². The fourth-order valence-electron chi connectivity index (χ4n) is 3.25. The van der Waals surface area contributed by atoms with Crippen molar-refractivity contribution in [2.45, 2.75) is 18.9 Å². The maximum atomic E-state index is 13.5. The van der Waals surface area contributed by atoms with Crippen LogP contribution in [0.15, 0.2) is 36.4 Å². The van der Waals surface area contributed by atoms with Crippen LogP contribution < -0.4 is 5.32 Å². The molecule has 0 amide bonds. The number of hydrogen-bond acceptors (Lipinski definition) is 1. The molecule has 4 heteroatoms. The summed E-state index contributed by atoms with van der Waals surface area (Å²) in [6.07, 6.45) is 1.83. The molecule has 1 aliphatic rings. The van der Waals surface area contributed by atoms with Gasteiger partial charge >= 0.3 is 0 Å². The van der Waals surface area contributed by atoms with Crippen LogP contribution >= 0.6 is 11.6 Å². The molecule has 0 bridgehead atoms. The Morgan fingerprint density at radius 1 is 1.10 bits per heavy atom. The largest absolute Gasteiger partial charge is 0.313 e. The predicted molar refractivity (Wildman–Crippen MR) is 80.5 cm³/mol. The van der Waals surface area contributed by atoms with Crippen LogP contribution in [-0.4, -0.2) is 7.05 Å². The summed E-state index contributed by atoms with van der Waals surface area (Å²) in [6, 6.07) is 10.5. The summed E-state index contributed by atoms with van der Waals surface area (Å²) in [5.41, 5.74) is 3.26. The highest BCUT2D eigenvalue weighted by Crippen LogP contribution is 2.37. The van der Waals surface area contributed by atoms with Gasteiger partial charge in [-0.25, -0.2) is 8.78 Å². The van der Waals surface area contributed by atoms with Crippen molar-refractivity contribution in [3.63, 3.8) is 0 Å². The second-order valence-electron chi connectivity index (χ2n) is 5.49. The normalized spacial score (nSPS) is 16.0.